The van der Waals surface area contributed by atoms with Gasteiger partial charge in [-0.3, -0.25) is 4.90 Å². The van der Waals surface area contributed by atoms with Gasteiger partial charge in [0.2, 0.25) is 5.88 Å². The summed E-state index contributed by atoms with van der Waals surface area (Å²) < 4.78 is 29.2. The second kappa shape index (κ2) is 9.14. The van der Waals surface area contributed by atoms with Gasteiger partial charge in [0.25, 0.3) is 0 Å². The number of rotatable bonds is 4. The average molecular weight is 543 g/mol. The van der Waals surface area contributed by atoms with Crippen LogP contribution in [0.15, 0.2) is 36.4 Å². The van der Waals surface area contributed by atoms with E-state index >= 15 is 4.39 Å². The second-order valence-electron chi connectivity index (χ2n) is 11.4. The first-order chi connectivity index (χ1) is 19.6. The number of anilines is 1. The molecular weight excluding hydrogens is 511 g/mol. The summed E-state index contributed by atoms with van der Waals surface area (Å²) in [7, 11) is 0. The third kappa shape index (κ3) is 3.69. The lowest BCUT2D eigenvalue weighted by molar-refractivity contribution is 0.108. The van der Waals surface area contributed by atoms with Gasteiger partial charge in [-0.25, -0.2) is 9.37 Å². The number of aromatic nitrogens is 3. The molecule has 0 radical (unpaired) electrons. The summed E-state index contributed by atoms with van der Waals surface area (Å²) in [5.74, 6) is 0.354. The van der Waals surface area contributed by atoms with Crippen molar-refractivity contribution in [3.63, 3.8) is 0 Å². The van der Waals surface area contributed by atoms with Crippen LogP contribution in [-0.2, 0) is 0 Å². The number of fused-ring (bicyclic) bond motifs is 4. The highest BCUT2D eigenvalue weighted by atomic mass is 19.1. The summed E-state index contributed by atoms with van der Waals surface area (Å²) in [5, 5.41) is 15.9. The van der Waals surface area contributed by atoms with Crippen molar-refractivity contribution in [2.45, 2.75) is 37.3 Å². The summed E-state index contributed by atoms with van der Waals surface area (Å²) in [6, 6.07) is 11.0. The van der Waals surface area contributed by atoms with E-state index in [1.54, 1.807) is 12.1 Å². The van der Waals surface area contributed by atoms with Crippen molar-refractivity contribution in [2.75, 3.05) is 50.8 Å². The van der Waals surface area contributed by atoms with E-state index in [9.17, 15) is 5.11 Å². The van der Waals surface area contributed by atoms with Crippen molar-refractivity contribution in [3.8, 4) is 28.9 Å². The zero-order chi connectivity index (χ0) is 26.8. The van der Waals surface area contributed by atoms with Crippen molar-refractivity contribution in [2.24, 2.45) is 0 Å². The van der Waals surface area contributed by atoms with E-state index < -0.39 is 5.82 Å². The lowest BCUT2D eigenvalue weighted by atomic mass is 9.95. The first-order valence-corrected chi connectivity index (χ1v) is 14.2. The van der Waals surface area contributed by atoms with E-state index in [0.717, 1.165) is 62.6 Å². The number of piperazine rings is 1. The Morgan fingerprint density at radius 1 is 1.10 bits per heavy atom. The van der Waals surface area contributed by atoms with E-state index in [-0.39, 0.29) is 34.6 Å². The van der Waals surface area contributed by atoms with Gasteiger partial charge in [-0.05, 0) is 61.7 Å². The van der Waals surface area contributed by atoms with Crippen LogP contribution in [0.4, 0.5) is 10.2 Å². The van der Waals surface area contributed by atoms with Gasteiger partial charge in [0, 0.05) is 25.2 Å². The molecule has 1 atom stereocenters. The molecule has 8 rings (SSSR count). The highest BCUT2D eigenvalue weighted by Gasteiger charge is 2.45. The van der Waals surface area contributed by atoms with Crippen LogP contribution < -0.4 is 19.7 Å². The summed E-state index contributed by atoms with van der Waals surface area (Å²) in [6.07, 6.45) is 4.52. The first kappa shape index (κ1) is 24.1. The predicted octanol–water partition coefficient (Wildman–Crippen LogP) is 3.87. The predicted molar refractivity (Wildman–Crippen MR) is 150 cm³/mol. The molecule has 2 aromatic carbocycles. The fourth-order valence-electron chi connectivity index (χ4n) is 7.17. The molecule has 9 nitrogen and oxygen atoms in total. The quantitative estimate of drug-likeness (QED) is 0.399. The van der Waals surface area contributed by atoms with Crippen LogP contribution in [0.2, 0.25) is 0 Å². The summed E-state index contributed by atoms with van der Waals surface area (Å²) in [6.45, 7) is 5.27. The van der Waals surface area contributed by atoms with Crippen molar-refractivity contribution in [1.29, 1.82) is 0 Å². The smallest absolute Gasteiger partial charge is 0.319 e. The van der Waals surface area contributed by atoms with Crippen LogP contribution in [0.25, 0.3) is 32.9 Å². The zero-order valence-electron chi connectivity index (χ0n) is 22.2. The molecule has 2 N–H and O–H groups in total. The van der Waals surface area contributed by atoms with Crippen LogP contribution in [0.5, 0.6) is 17.6 Å². The van der Waals surface area contributed by atoms with Gasteiger partial charge in [0.05, 0.1) is 11.6 Å². The number of benzene rings is 2. The van der Waals surface area contributed by atoms with Crippen LogP contribution in [-0.4, -0.2) is 82.5 Å². The van der Waals surface area contributed by atoms with E-state index in [1.165, 1.54) is 0 Å². The Kier molecular flexibility index (Phi) is 5.50. The molecule has 40 heavy (non-hydrogen) atoms. The van der Waals surface area contributed by atoms with Gasteiger partial charge in [-0.1, -0.05) is 24.3 Å². The van der Waals surface area contributed by atoms with Gasteiger partial charge >= 0.3 is 6.01 Å². The number of ether oxygens (including phenoxy) is 2. The number of hydrogen-bond acceptors (Lipinski definition) is 9. The Labute approximate surface area is 230 Å². The molecule has 0 aliphatic carbocycles. The van der Waals surface area contributed by atoms with Crippen LogP contribution in [0, 0.1) is 5.82 Å². The van der Waals surface area contributed by atoms with Crippen molar-refractivity contribution in [1.82, 2.24) is 25.2 Å². The minimum absolute atomic E-state index is 0.0146. The van der Waals surface area contributed by atoms with E-state index in [1.807, 2.05) is 24.3 Å². The minimum atomic E-state index is -0.582. The maximum atomic E-state index is 16.6. The lowest BCUT2D eigenvalue weighted by Gasteiger charge is -2.35. The SMILES string of the molecule is Oc1cc(-c2nc3c4c(nc(OCC56CCCN5CCC6)nc4c2F)N2CCNCC2CO3)c2ccccc2c1. The van der Waals surface area contributed by atoms with Crippen molar-refractivity contribution >= 4 is 27.5 Å². The molecule has 3 saturated heterocycles. The number of hydrogen-bond donors (Lipinski definition) is 2. The highest BCUT2D eigenvalue weighted by molar-refractivity contribution is 6.01. The molecule has 4 aromatic rings. The summed E-state index contributed by atoms with van der Waals surface area (Å²) in [4.78, 5) is 18.9. The molecule has 0 bridgehead atoms. The fourth-order valence-corrected chi connectivity index (χ4v) is 7.17. The molecule has 3 fully saturated rings. The average Bonchev–Trinajstić information content (AvgIpc) is 3.51. The van der Waals surface area contributed by atoms with Crippen LogP contribution >= 0.6 is 0 Å². The number of phenolic OH excluding ortho intramolecular Hbond substituents is 1. The van der Waals surface area contributed by atoms with Gasteiger partial charge in [-0.15, -0.1) is 0 Å². The van der Waals surface area contributed by atoms with Crippen LogP contribution in [0.1, 0.15) is 25.7 Å². The fraction of sp³-hybridized carbons (Fsp3) is 0.433. The second-order valence-corrected chi connectivity index (χ2v) is 11.4. The number of nitrogens with one attached hydrogen (secondary N) is 1. The standard InChI is InChI=1S/C30H31FN6O3/c31-24-25(22-14-20(38)13-18-5-1-2-6-21(18)22)33-28-23-26(24)34-29(40-17-30-7-3-10-36(30)11-4-8-30)35-27(23)37-12-9-32-15-19(37)16-39-28/h1-2,5-6,13-14,19,32,38H,3-4,7-12,15-17H2. The molecule has 2 aromatic heterocycles. The van der Waals surface area contributed by atoms with Crippen molar-refractivity contribution < 1.29 is 19.0 Å². The van der Waals surface area contributed by atoms with E-state index in [0.29, 0.717) is 42.4 Å². The number of pyridine rings is 1. The van der Waals surface area contributed by atoms with Gasteiger partial charge in [0.15, 0.2) is 5.82 Å². The van der Waals surface area contributed by atoms with Gasteiger partial charge < -0.3 is 24.8 Å². The van der Waals surface area contributed by atoms with Crippen molar-refractivity contribution in [3.05, 3.63) is 42.2 Å². The molecule has 4 aliphatic rings. The molecular formula is C30H31FN6O3. The number of phenols is 1. The molecule has 4 aliphatic heterocycles. The minimum Gasteiger partial charge on any atom is -0.508 e. The number of aromatic hydroxyl groups is 1. The Morgan fingerprint density at radius 2 is 1.95 bits per heavy atom. The molecule has 206 valence electrons. The first-order valence-electron chi connectivity index (χ1n) is 14.2. The number of halogens is 1. The normalized spacial score (nSPS) is 21.7. The van der Waals surface area contributed by atoms with E-state index in [2.05, 4.69) is 20.1 Å². The Balaban J connectivity index is 1.31. The Hall–Kier alpha value is -3.76. The molecule has 6 heterocycles. The summed E-state index contributed by atoms with van der Waals surface area (Å²) in [5.41, 5.74) is 0.701. The Morgan fingerprint density at radius 3 is 2.83 bits per heavy atom. The molecule has 1 unspecified atom stereocenters. The Bertz CT molecular complexity index is 1640. The van der Waals surface area contributed by atoms with Crippen LogP contribution in [0.3, 0.4) is 0 Å². The maximum absolute atomic E-state index is 16.6. The molecule has 0 saturated carbocycles. The van der Waals surface area contributed by atoms with Gasteiger partial charge in [0.1, 0.15) is 41.4 Å². The molecule has 0 amide bonds. The number of nitrogens with zero attached hydrogens (tertiary/aromatic N) is 5. The third-order valence-electron chi connectivity index (χ3n) is 9.13. The topological polar surface area (TPSA) is 95.9 Å². The third-order valence-corrected chi connectivity index (χ3v) is 9.13. The van der Waals surface area contributed by atoms with E-state index in [4.69, 9.17) is 19.4 Å². The summed E-state index contributed by atoms with van der Waals surface area (Å²) >= 11 is 0. The highest BCUT2D eigenvalue weighted by Crippen LogP contribution is 2.43. The van der Waals surface area contributed by atoms with Gasteiger partial charge in [-0.2, -0.15) is 9.97 Å². The lowest BCUT2D eigenvalue weighted by Crippen LogP contribution is -2.53. The monoisotopic (exact) mass is 542 g/mol. The molecule has 10 heteroatoms. The maximum Gasteiger partial charge on any atom is 0.319 e. The zero-order valence-corrected chi connectivity index (χ0v) is 22.2. The molecule has 0 spiro atoms. The largest absolute Gasteiger partial charge is 0.508 e.